The summed E-state index contributed by atoms with van der Waals surface area (Å²) in [5.41, 5.74) is 0.565. The van der Waals surface area contributed by atoms with Crippen molar-refractivity contribution in [2.24, 2.45) is 5.92 Å². The first kappa shape index (κ1) is 17.2. The predicted molar refractivity (Wildman–Crippen MR) is 86.5 cm³/mol. The predicted octanol–water partition coefficient (Wildman–Crippen LogP) is 2.14. The Morgan fingerprint density at radius 2 is 2.14 bits per heavy atom. The smallest absolute Gasteiger partial charge is 0.231 e. The second-order valence-electron chi connectivity index (χ2n) is 5.93. The molecule has 2 atom stereocenters. The minimum Gasteiger partial charge on any atom is -0.343 e. The van der Waals surface area contributed by atoms with E-state index >= 15 is 0 Å². The van der Waals surface area contributed by atoms with Crippen molar-refractivity contribution in [3.8, 4) is 0 Å². The minimum atomic E-state index is -0.253. The highest BCUT2D eigenvalue weighted by molar-refractivity contribution is 6.31. The van der Waals surface area contributed by atoms with Gasteiger partial charge in [0.05, 0.1) is 29.6 Å². The van der Waals surface area contributed by atoms with Gasteiger partial charge in [-0.3, -0.25) is 4.79 Å². The van der Waals surface area contributed by atoms with E-state index in [9.17, 15) is 9.18 Å². The van der Waals surface area contributed by atoms with Gasteiger partial charge in [-0.25, -0.2) is 4.39 Å². The molecule has 3 nitrogen and oxygen atoms in total. The summed E-state index contributed by atoms with van der Waals surface area (Å²) in [6.45, 7) is 7.79. The van der Waals surface area contributed by atoms with Crippen LogP contribution in [0, 0.1) is 11.7 Å². The molecule has 0 aromatic heterocycles. The highest BCUT2D eigenvalue weighted by atomic mass is 35.5. The standard InChI is InChI=1S/C17H24ClFN2O/c1-3-21(4-2)17(22)13-7-6-10-20(11-13)12-14-15(18)8-5-9-16(14)19/h5,8-9,13H,3-4,6-7,10-12H2,1-2H3/p+1/t13-/m0/s1. The van der Waals surface area contributed by atoms with E-state index in [0.29, 0.717) is 17.1 Å². The van der Waals surface area contributed by atoms with E-state index in [1.807, 2.05) is 18.7 Å². The Bertz CT molecular complexity index is 499. The molecule has 1 amide bonds. The summed E-state index contributed by atoms with van der Waals surface area (Å²) < 4.78 is 13.9. The molecule has 1 unspecified atom stereocenters. The second-order valence-corrected chi connectivity index (χ2v) is 6.34. The SMILES string of the molecule is CCN(CC)C(=O)[C@H]1CCC[NH+](Cc2c(F)cccc2Cl)C1. The largest absolute Gasteiger partial charge is 0.343 e. The Morgan fingerprint density at radius 3 is 2.77 bits per heavy atom. The summed E-state index contributed by atoms with van der Waals surface area (Å²) in [4.78, 5) is 15.6. The number of carbonyl (C=O) groups is 1. The van der Waals surface area contributed by atoms with Gasteiger partial charge in [0.25, 0.3) is 0 Å². The Kier molecular flexibility index (Phi) is 6.21. The van der Waals surface area contributed by atoms with E-state index in [0.717, 1.165) is 39.0 Å². The number of hydrogen-bond donors (Lipinski definition) is 1. The number of piperidine rings is 1. The zero-order valence-electron chi connectivity index (χ0n) is 13.4. The third-order valence-corrected chi connectivity index (χ3v) is 4.88. The molecule has 1 fully saturated rings. The molecular formula is C17H25ClFN2O+. The van der Waals surface area contributed by atoms with E-state index in [1.165, 1.54) is 11.0 Å². The van der Waals surface area contributed by atoms with Crippen LogP contribution in [-0.4, -0.2) is 37.0 Å². The number of likely N-dealkylation sites (tertiary alicyclic amines) is 1. The summed E-state index contributed by atoms with van der Waals surface area (Å²) in [7, 11) is 0. The molecule has 1 aliphatic rings. The van der Waals surface area contributed by atoms with E-state index < -0.39 is 0 Å². The minimum absolute atomic E-state index is 0.0502. The second kappa shape index (κ2) is 7.93. The lowest BCUT2D eigenvalue weighted by molar-refractivity contribution is -0.921. The molecule has 0 aliphatic carbocycles. The number of benzene rings is 1. The molecule has 1 aromatic carbocycles. The average Bonchev–Trinajstić information content (AvgIpc) is 2.52. The van der Waals surface area contributed by atoms with Crippen LogP contribution >= 0.6 is 11.6 Å². The molecule has 1 aromatic rings. The van der Waals surface area contributed by atoms with Crippen molar-refractivity contribution < 1.29 is 14.1 Å². The topological polar surface area (TPSA) is 24.8 Å². The summed E-state index contributed by atoms with van der Waals surface area (Å²) in [6, 6.07) is 4.80. The molecular weight excluding hydrogens is 303 g/mol. The molecule has 2 rings (SSSR count). The van der Waals surface area contributed by atoms with Crippen LogP contribution in [0.5, 0.6) is 0 Å². The van der Waals surface area contributed by atoms with Crippen molar-refractivity contribution in [1.82, 2.24) is 4.90 Å². The van der Waals surface area contributed by atoms with Gasteiger partial charge in [0.15, 0.2) is 0 Å². The lowest BCUT2D eigenvalue weighted by Crippen LogP contribution is -3.12. The lowest BCUT2D eigenvalue weighted by Gasteiger charge is -2.32. The maximum atomic E-state index is 13.9. The molecule has 1 heterocycles. The fraction of sp³-hybridized carbons (Fsp3) is 0.588. The van der Waals surface area contributed by atoms with Gasteiger partial charge in [-0.2, -0.15) is 0 Å². The lowest BCUT2D eigenvalue weighted by atomic mass is 9.96. The van der Waals surface area contributed by atoms with Gasteiger partial charge >= 0.3 is 0 Å². The third kappa shape index (κ3) is 3.99. The van der Waals surface area contributed by atoms with Crippen LogP contribution in [0.15, 0.2) is 18.2 Å². The first-order valence-corrected chi connectivity index (χ1v) is 8.49. The number of quaternary nitrogens is 1. The van der Waals surface area contributed by atoms with Crippen molar-refractivity contribution in [1.29, 1.82) is 0 Å². The van der Waals surface area contributed by atoms with Gasteiger partial charge in [-0.1, -0.05) is 17.7 Å². The van der Waals surface area contributed by atoms with Crippen LogP contribution in [0.4, 0.5) is 4.39 Å². The van der Waals surface area contributed by atoms with Gasteiger partial charge in [0.1, 0.15) is 12.4 Å². The third-order valence-electron chi connectivity index (χ3n) is 4.53. The highest BCUT2D eigenvalue weighted by Crippen LogP contribution is 2.18. The van der Waals surface area contributed by atoms with Gasteiger partial charge < -0.3 is 9.80 Å². The fourth-order valence-corrected chi connectivity index (χ4v) is 3.50. The molecule has 0 radical (unpaired) electrons. The van der Waals surface area contributed by atoms with Crippen LogP contribution in [0.2, 0.25) is 5.02 Å². The van der Waals surface area contributed by atoms with Crippen molar-refractivity contribution in [2.75, 3.05) is 26.2 Å². The van der Waals surface area contributed by atoms with E-state index in [-0.39, 0.29) is 17.6 Å². The molecule has 1 aliphatic heterocycles. The van der Waals surface area contributed by atoms with E-state index in [4.69, 9.17) is 11.6 Å². The van der Waals surface area contributed by atoms with Crippen molar-refractivity contribution in [2.45, 2.75) is 33.2 Å². The zero-order chi connectivity index (χ0) is 16.1. The molecule has 1 saturated heterocycles. The number of nitrogens with one attached hydrogen (secondary N) is 1. The number of nitrogens with zero attached hydrogens (tertiary/aromatic N) is 1. The first-order chi connectivity index (χ1) is 10.6. The van der Waals surface area contributed by atoms with Crippen LogP contribution in [0.3, 0.4) is 0 Å². The Morgan fingerprint density at radius 1 is 1.41 bits per heavy atom. The maximum absolute atomic E-state index is 13.9. The quantitative estimate of drug-likeness (QED) is 0.880. The molecule has 5 heteroatoms. The fourth-order valence-electron chi connectivity index (χ4n) is 3.27. The first-order valence-electron chi connectivity index (χ1n) is 8.12. The van der Waals surface area contributed by atoms with Crippen molar-refractivity contribution >= 4 is 17.5 Å². The van der Waals surface area contributed by atoms with Gasteiger partial charge in [0, 0.05) is 13.1 Å². The molecule has 0 saturated carbocycles. The van der Waals surface area contributed by atoms with Crippen molar-refractivity contribution in [3.63, 3.8) is 0 Å². The Hall–Kier alpha value is -1.13. The summed E-state index contributed by atoms with van der Waals surface area (Å²) >= 11 is 6.11. The van der Waals surface area contributed by atoms with Gasteiger partial charge in [-0.15, -0.1) is 0 Å². The van der Waals surface area contributed by atoms with Crippen LogP contribution < -0.4 is 4.90 Å². The van der Waals surface area contributed by atoms with E-state index in [1.54, 1.807) is 12.1 Å². The Balaban J connectivity index is 2.03. The highest BCUT2D eigenvalue weighted by Gasteiger charge is 2.31. The van der Waals surface area contributed by atoms with E-state index in [2.05, 4.69) is 0 Å². The molecule has 22 heavy (non-hydrogen) atoms. The van der Waals surface area contributed by atoms with Crippen LogP contribution in [-0.2, 0) is 11.3 Å². The maximum Gasteiger partial charge on any atom is 0.231 e. The average molecular weight is 328 g/mol. The zero-order valence-corrected chi connectivity index (χ0v) is 14.1. The van der Waals surface area contributed by atoms with Gasteiger partial charge in [0.2, 0.25) is 5.91 Å². The number of amides is 1. The molecule has 0 spiro atoms. The Labute approximate surface area is 137 Å². The molecule has 122 valence electrons. The normalized spacial score (nSPS) is 21.6. The molecule has 1 N–H and O–H groups in total. The summed E-state index contributed by atoms with van der Waals surface area (Å²) in [6.07, 6.45) is 1.93. The number of halogens is 2. The number of rotatable bonds is 5. The monoisotopic (exact) mass is 327 g/mol. The number of hydrogen-bond acceptors (Lipinski definition) is 1. The van der Waals surface area contributed by atoms with Crippen molar-refractivity contribution in [3.05, 3.63) is 34.6 Å². The van der Waals surface area contributed by atoms with Crippen LogP contribution in [0.1, 0.15) is 32.3 Å². The number of carbonyl (C=O) groups excluding carboxylic acids is 1. The molecule has 0 bridgehead atoms. The van der Waals surface area contributed by atoms with Gasteiger partial charge in [-0.05, 0) is 38.8 Å². The van der Waals surface area contributed by atoms with Crippen LogP contribution in [0.25, 0.3) is 0 Å². The summed E-state index contributed by atoms with van der Waals surface area (Å²) in [5.74, 6) is 0.0354. The summed E-state index contributed by atoms with van der Waals surface area (Å²) in [5, 5.41) is 0.477.